The molecule has 0 radical (unpaired) electrons. The van der Waals surface area contributed by atoms with Crippen molar-refractivity contribution in [3.05, 3.63) is 23.8 Å². The Morgan fingerprint density at radius 2 is 2.14 bits per heavy atom. The lowest BCUT2D eigenvalue weighted by molar-refractivity contribution is -0.0659. The number of nitrogens with two attached hydrogens (primary N) is 1. The summed E-state index contributed by atoms with van der Waals surface area (Å²) < 4.78 is 32.4. The minimum Gasteiger partial charge on any atom is -0.478 e. The summed E-state index contributed by atoms with van der Waals surface area (Å²) in [5.41, 5.74) is 4.95. The van der Waals surface area contributed by atoms with Crippen molar-refractivity contribution in [2.75, 3.05) is 19.4 Å². The zero-order valence-corrected chi connectivity index (χ0v) is 12.4. The van der Waals surface area contributed by atoms with E-state index in [0.29, 0.717) is 0 Å². The molecule has 0 spiro atoms. The van der Waals surface area contributed by atoms with Gasteiger partial charge in [0.25, 0.3) is 0 Å². The van der Waals surface area contributed by atoms with E-state index in [1.165, 1.54) is 19.2 Å². The molecule has 7 nitrogen and oxygen atoms in total. The summed E-state index contributed by atoms with van der Waals surface area (Å²) in [6.45, 7) is 0.111. The minimum atomic E-state index is -3.97. The summed E-state index contributed by atoms with van der Waals surface area (Å²) in [4.78, 5) is 10.8. The SMILES string of the molecule is COC1(CNS(=O)(=O)c2cc(N)ccc2C(=O)O)CCC1. The van der Waals surface area contributed by atoms with Crippen LogP contribution in [-0.2, 0) is 14.8 Å². The van der Waals surface area contributed by atoms with Gasteiger partial charge in [0.2, 0.25) is 10.0 Å². The molecule has 8 heteroatoms. The van der Waals surface area contributed by atoms with Crippen LogP contribution in [0.15, 0.2) is 23.1 Å². The van der Waals surface area contributed by atoms with Crippen LogP contribution >= 0.6 is 0 Å². The Bertz CT molecular complexity index is 647. The quantitative estimate of drug-likeness (QED) is 0.669. The molecule has 0 unspecified atom stereocenters. The second-order valence-corrected chi connectivity index (χ2v) is 6.86. The van der Waals surface area contributed by atoms with Gasteiger partial charge in [-0.2, -0.15) is 0 Å². The molecule has 2 rings (SSSR count). The van der Waals surface area contributed by atoms with Gasteiger partial charge >= 0.3 is 5.97 Å². The predicted molar refractivity (Wildman–Crippen MR) is 76.6 cm³/mol. The van der Waals surface area contributed by atoms with Crippen molar-refractivity contribution in [2.45, 2.75) is 29.8 Å². The standard InChI is InChI=1S/C13H18N2O5S/c1-20-13(5-2-6-13)8-15-21(18,19)11-7-9(14)3-4-10(11)12(16)17/h3-4,7,15H,2,5-6,8,14H2,1H3,(H,16,17). The molecule has 21 heavy (non-hydrogen) atoms. The number of aromatic carboxylic acids is 1. The number of ether oxygens (including phenoxy) is 1. The Labute approximate surface area is 123 Å². The first-order chi connectivity index (χ1) is 9.80. The molecule has 1 fully saturated rings. The average molecular weight is 314 g/mol. The third-order valence-electron chi connectivity index (χ3n) is 3.81. The molecule has 1 aromatic carbocycles. The third kappa shape index (κ3) is 3.17. The molecule has 0 atom stereocenters. The van der Waals surface area contributed by atoms with E-state index < -0.39 is 21.6 Å². The van der Waals surface area contributed by atoms with E-state index in [0.717, 1.165) is 25.3 Å². The summed E-state index contributed by atoms with van der Waals surface area (Å²) in [7, 11) is -2.43. The monoisotopic (exact) mass is 314 g/mol. The van der Waals surface area contributed by atoms with Gasteiger partial charge in [-0.3, -0.25) is 0 Å². The lowest BCUT2D eigenvalue weighted by Crippen LogP contribution is -2.49. The Morgan fingerprint density at radius 3 is 2.62 bits per heavy atom. The van der Waals surface area contributed by atoms with Gasteiger partial charge in [0.15, 0.2) is 0 Å². The largest absolute Gasteiger partial charge is 0.478 e. The molecule has 1 aliphatic carbocycles. The lowest BCUT2D eigenvalue weighted by atomic mass is 9.80. The van der Waals surface area contributed by atoms with Crippen molar-refractivity contribution in [3.8, 4) is 0 Å². The van der Waals surface area contributed by atoms with Crippen LogP contribution in [-0.4, -0.2) is 38.7 Å². The average Bonchev–Trinajstić information content (AvgIpc) is 2.37. The topological polar surface area (TPSA) is 119 Å². The maximum atomic E-state index is 12.3. The van der Waals surface area contributed by atoms with Gasteiger partial charge in [-0.1, -0.05) is 0 Å². The number of methoxy groups -OCH3 is 1. The number of anilines is 1. The molecule has 0 aromatic heterocycles. The van der Waals surface area contributed by atoms with Crippen LogP contribution in [0.3, 0.4) is 0 Å². The van der Waals surface area contributed by atoms with Crippen molar-refractivity contribution in [1.29, 1.82) is 0 Å². The van der Waals surface area contributed by atoms with Crippen LogP contribution in [0.2, 0.25) is 0 Å². The maximum Gasteiger partial charge on any atom is 0.337 e. The van der Waals surface area contributed by atoms with Crippen molar-refractivity contribution in [2.24, 2.45) is 0 Å². The number of benzene rings is 1. The van der Waals surface area contributed by atoms with Gasteiger partial charge < -0.3 is 15.6 Å². The van der Waals surface area contributed by atoms with Gasteiger partial charge in [-0.15, -0.1) is 0 Å². The highest BCUT2D eigenvalue weighted by Gasteiger charge is 2.38. The summed E-state index contributed by atoms with van der Waals surface area (Å²) in [5, 5.41) is 9.09. The van der Waals surface area contributed by atoms with Crippen molar-refractivity contribution in [1.82, 2.24) is 4.72 Å². The zero-order valence-electron chi connectivity index (χ0n) is 11.6. The molecule has 116 valence electrons. The third-order valence-corrected chi connectivity index (χ3v) is 5.25. The Morgan fingerprint density at radius 1 is 1.48 bits per heavy atom. The van der Waals surface area contributed by atoms with E-state index >= 15 is 0 Å². The van der Waals surface area contributed by atoms with Crippen LogP contribution in [0, 0.1) is 0 Å². The first-order valence-corrected chi connectivity index (χ1v) is 7.96. The highest BCUT2D eigenvalue weighted by molar-refractivity contribution is 7.89. The number of hydrogen-bond acceptors (Lipinski definition) is 5. The smallest absolute Gasteiger partial charge is 0.337 e. The van der Waals surface area contributed by atoms with E-state index in [9.17, 15) is 13.2 Å². The van der Waals surface area contributed by atoms with E-state index in [-0.39, 0.29) is 22.7 Å². The molecular formula is C13H18N2O5S. The highest BCUT2D eigenvalue weighted by Crippen LogP contribution is 2.34. The van der Waals surface area contributed by atoms with E-state index in [4.69, 9.17) is 15.6 Å². The first-order valence-electron chi connectivity index (χ1n) is 6.47. The molecule has 1 aliphatic rings. The Balaban J connectivity index is 2.27. The first kappa shape index (κ1) is 15.7. The van der Waals surface area contributed by atoms with Crippen molar-refractivity contribution >= 4 is 21.7 Å². The van der Waals surface area contributed by atoms with Crippen LogP contribution in [0.5, 0.6) is 0 Å². The number of carbonyl (C=O) groups is 1. The molecule has 0 aliphatic heterocycles. The Hall–Kier alpha value is -1.64. The van der Waals surface area contributed by atoms with Crippen LogP contribution in [0.4, 0.5) is 5.69 Å². The van der Waals surface area contributed by atoms with Crippen molar-refractivity contribution < 1.29 is 23.1 Å². The zero-order chi connectivity index (χ0) is 15.7. The lowest BCUT2D eigenvalue weighted by Gasteiger charge is -2.40. The number of nitrogen functional groups attached to an aromatic ring is 1. The molecule has 0 amide bonds. The molecule has 4 N–H and O–H groups in total. The van der Waals surface area contributed by atoms with Crippen LogP contribution < -0.4 is 10.5 Å². The Kier molecular flexibility index (Phi) is 4.22. The van der Waals surface area contributed by atoms with E-state index in [2.05, 4.69) is 4.72 Å². The molecule has 0 bridgehead atoms. The number of carboxylic acid groups (broad SMARTS) is 1. The normalized spacial score (nSPS) is 17.2. The molecule has 1 saturated carbocycles. The number of nitrogens with one attached hydrogen (secondary N) is 1. The number of rotatable bonds is 6. The summed E-state index contributed by atoms with van der Waals surface area (Å²) in [6.07, 6.45) is 2.53. The summed E-state index contributed by atoms with van der Waals surface area (Å²) in [6, 6.07) is 3.68. The second kappa shape index (κ2) is 5.63. The second-order valence-electron chi connectivity index (χ2n) is 5.13. The number of sulfonamides is 1. The van der Waals surface area contributed by atoms with Gasteiger partial charge in [-0.05, 0) is 37.5 Å². The van der Waals surface area contributed by atoms with Crippen LogP contribution in [0.25, 0.3) is 0 Å². The van der Waals surface area contributed by atoms with Gasteiger partial charge in [-0.25, -0.2) is 17.9 Å². The maximum absolute atomic E-state index is 12.3. The van der Waals surface area contributed by atoms with E-state index in [1.807, 2.05) is 0 Å². The van der Waals surface area contributed by atoms with Crippen LogP contribution in [0.1, 0.15) is 29.6 Å². The van der Waals surface area contributed by atoms with Crippen molar-refractivity contribution in [3.63, 3.8) is 0 Å². The minimum absolute atomic E-state index is 0.111. The number of carboxylic acids is 1. The van der Waals surface area contributed by atoms with Gasteiger partial charge in [0, 0.05) is 19.3 Å². The molecule has 0 heterocycles. The summed E-state index contributed by atoms with van der Waals surface area (Å²) in [5.74, 6) is -1.32. The summed E-state index contributed by atoms with van der Waals surface area (Å²) >= 11 is 0. The number of hydrogen-bond donors (Lipinski definition) is 3. The van der Waals surface area contributed by atoms with E-state index in [1.54, 1.807) is 0 Å². The van der Waals surface area contributed by atoms with Gasteiger partial charge in [0.05, 0.1) is 16.1 Å². The fourth-order valence-corrected chi connectivity index (χ4v) is 3.61. The van der Waals surface area contributed by atoms with Gasteiger partial charge in [0.1, 0.15) is 0 Å². The molecule has 0 saturated heterocycles. The fourth-order valence-electron chi connectivity index (χ4n) is 2.27. The predicted octanol–water partition coefficient (Wildman–Crippen LogP) is 0.814. The highest BCUT2D eigenvalue weighted by atomic mass is 32.2. The fraction of sp³-hybridized carbons (Fsp3) is 0.462. The molecular weight excluding hydrogens is 296 g/mol. The molecule has 1 aromatic rings.